The molecule has 0 aliphatic carbocycles. The Bertz CT molecular complexity index is 523. The lowest BCUT2D eigenvalue weighted by molar-refractivity contribution is 0.587. The van der Waals surface area contributed by atoms with Gasteiger partial charge in [-0.15, -0.1) is 0 Å². The third-order valence-electron chi connectivity index (χ3n) is 2.51. The second-order valence-electron chi connectivity index (χ2n) is 3.96. The molecule has 0 radical (unpaired) electrons. The molecule has 0 unspecified atom stereocenters. The molecule has 2 rings (SSSR count). The normalized spacial score (nSPS) is 10.3. The molecular weight excluding hydrogens is 220 g/mol. The first-order valence-electron chi connectivity index (χ1n) is 5.39. The van der Waals surface area contributed by atoms with Crippen molar-refractivity contribution in [1.82, 2.24) is 0 Å². The Morgan fingerprint density at radius 3 is 2.65 bits per heavy atom. The topological polar surface area (TPSA) is 12.0 Å². The van der Waals surface area contributed by atoms with Crippen LogP contribution in [0.3, 0.4) is 0 Å². The molecule has 2 aromatic rings. The van der Waals surface area contributed by atoms with Crippen LogP contribution in [-0.2, 0) is 6.54 Å². The van der Waals surface area contributed by atoms with E-state index < -0.39 is 11.6 Å². The van der Waals surface area contributed by atoms with Crippen LogP contribution in [0.1, 0.15) is 11.1 Å². The van der Waals surface area contributed by atoms with Crippen molar-refractivity contribution in [2.45, 2.75) is 13.5 Å². The molecular formula is C14H13F2N. The number of halogens is 2. The zero-order valence-electron chi connectivity index (χ0n) is 9.50. The summed E-state index contributed by atoms with van der Waals surface area (Å²) in [5.41, 5.74) is 2.34. The van der Waals surface area contributed by atoms with Gasteiger partial charge >= 0.3 is 0 Å². The van der Waals surface area contributed by atoms with Gasteiger partial charge in [0.25, 0.3) is 0 Å². The molecule has 0 aromatic heterocycles. The highest BCUT2D eigenvalue weighted by Crippen LogP contribution is 2.14. The standard InChI is InChI=1S/C14H13F2N/c1-10-3-2-4-13(7-10)17-9-11-8-12(15)5-6-14(11)16/h2-8,17H,9H2,1H3. The van der Waals surface area contributed by atoms with Crippen molar-refractivity contribution >= 4 is 5.69 Å². The first-order chi connectivity index (χ1) is 8.15. The van der Waals surface area contributed by atoms with E-state index in [9.17, 15) is 8.78 Å². The molecule has 0 spiro atoms. The summed E-state index contributed by atoms with van der Waals surface area (Å²) in [6.45, 7) is 2.25. The highest BCUT2D eigenvalue weighted by atomic mass is 19.1. The van der Waals surface area contributed by atoms with Crippen molar-refractivity contribution in [3.05, 3.63) is 65.2 Å². The van der Waals surface area contributed by atoms with Gasteiger partial charge in [-0.1, -0.05) is 12.1 Å². The largest absolute Gasteiger partial charge is 0.381 e. The Balaban J connectivity index is 2.09. The fourth-order valence-corrected chi connectivity index (χ4v) is 1.63. The second kappa shape index (κ2) is 4.95. The lowest BCUT2D eigenvalue weighted by atomic mass is 10.2. The average molecular weight is 233 g/mol. The van der Waals surface area contributed by atoms with E-state index in [4.69, 9.17) is 0 Å². The second-order valence-corrected chi connectivity index (χ2v) is 3.96. The van der Waals surface area contributed by atoms with Gasteiger partial charge in [0, 0.05) is 17.8 Å². The molecule has 0 amide bonds. The fraction of sp³-hybridized carbons (Fsp3) is 0.143. The van der Waals surface area contributed by atoms with Crippen LogP contribution in [0, 0.1) is 18.6 Å². The van der Waals surface area contributed by atoms with E-state index in [-0.39, 0.29) is 6.54 Å². The van der Waals surface area contributed by atoms with Gasteiger partial charge in [0.15, 0.2) is 0 Å². The summed E-state index contributed by atoms with van der Waals surface area (Å²) < 4.78 is 26.3. The molecule has 0 bridgehead atoms. The lowest BCUT2D eigenvalue weighted by Crippen LogP contribution is -2.02. The van der Waals surface area contributed by atoms with E-state index in [1.807, 2.05) is 31.2 Å². The molecule has 1 nitrogen and oxygen atoms in total. The minimum Gasteiger partial charge on any atom is -0.381 e. The molecule has 17 heavy (non-hydrogen) atoms. The molecule has 0 aliphatic heterocycles. The summed E-state index contributed by atoms with van der Waals surface area (Å²) in [4.78, 5) is 0. The lowest BCUT2D eigenvalue weighted by Gasteiger charge is -2.08. The summed E-state index contributed by atoms with van der Waals surface area (Å²) in [7, 11) is 0. The van der Waals surface area contributed by atoms with Crippen LogP contribution >= 0.6 is 0 Å². The maximum absolute atomic E-state index is 13.3. The van der Waals surface area contributed by atoms with Crippen LogP contribution < -0.4 is 5.32 Å². The number of aryl methyl sites for hydroxylation is 1. The van der Waals surface area contributed by atoms with E-state index in [1.54, 1.807) is 0 Å². The van der Waals surface area contributed by atoms with Gasteiger partial charge < -0.3 is 5.32 Å². The maximum Gasteiger partial charge on any atom is 0.128 e. The number of nitrogens with one attached hydrogen (secondary N) is 1. The third-order valence-corrected chi connectivity index (χ3v) is 2.51. The van der Waals surface area contributed by atoms with E-state index in [2.05, 4.69) is 5.32 Å². The van der Waals surface area contributed by atoms with Crippen LogP contribution in [-0.4, -0.2) is 0 Å². The number of benzene rings is 2. The molecule has 2 aromatic carbocycles. The Labute approximate surface area is 99.1 Å². The quantitative estimate of drug-likeness (QED) is 0.848. The van der Waals surface area contributed by atoms with Gasteiger partial charge in [0.1, 0.15) is 11.6 Å². The molecule has 0 fully saturated rings. The zero-order chi connectivity index (χ0) is 12.3. The van der Waals surface area contributed by atoms with Crippen LogP contribution in [0.5, 0.6) is 0 Å². The Hall–Kier alpha value is -1.90. The first kappa shape index (κ1) is 11.6. The SMILES string of the molecule is Cc1cccc(NCc2cc(F)ccc2F)c1. The van der Waals surface area contributed by atoms with Crippen LogP contribution in [0.4, 0.5) is 14.5 Å². The Morgan fingerprint density at radius 1 is 1.06 bits per heavy atom. The van der Waals surface area contributed by atoms with E-state index >= 15 is 0 Å². The summed E-state index contributed by atoms with van der Waals surface area (Å²) in [6.07, 6.45) is 0. The minimum absolute atomic E-state index is 0.271. The van der Waals surface area contributed by atoms with Crippen molar-refractivity contribution in [2.75, 3.05) is 5.32 Å². The molecule has 0 aliphatic rings. The Morgan fingerprint density at radius 2 is 1.88 bits per heavy atom. The fourth-order valence-electron chi connectivity index (χ4n) is 1.63. The summed E-state index contributed by atoms with van der Waals surface area (Å²) in [5, 5.41) is 3.06. The van der Waals surface area contributed by atoms with E-state index in [1.165, 1.54) is 6.07 Å². The van der Waals surface area contributed by atoms with Gasteiger partial charge in [-0.2, -0.15) is 0 Å². The predicted molar refractivity (Wildman–Crippen MR) is 64.9 cm³/mol. The number of hydrogen-bond acceptors (Lipinski definition) is 1. The predicted octanol–water partition coefficient (Wildman–Crippen LogP) is 3.89. The average Bonchev–Trinajstić information content (AvgIpc) is 2.30. The summed E-state index contributed by atoms with van der Waals surface area (Å²) in [5.74, 6) is -0.820. The highest BCUT2D eigenvalue weighted by Gasteiger charge is 2.03. The van der Waals surface area contributed by atoms with Crippen molar-refractivity contribution in [3.8, 4) is 0 Å². The summed E-state index contributed by atoms with van der Waals surface area (Å²) >= 11 is 0. The number of hydrogen-bond donors (Lipinski definition) is 1. The summed E-state index contributed by atoms with van der Waals surface area (Å²) in [6, 6.07) is 11.2. The molecule has 1 N–H and O–H groups in total. The van der Waals surface area contributed by atoms with Gasteiger partial charge in [-0.3, -0.25) is 0 Å². The maximum atomic E-state index is 13.3. The third kappa shape index (κ3) is 3.03. The number of anilines is 1. The van der Waals surface area contributed by atoms with Crippen molar-refractivity contribution in [2.24, 2.45) is 0 Å². The molecule has 0 atom stereocenters. The van der Waals surface area contributed by atoms with Gasteiger partial charge in [-0.05, 0) is 42.8 Å². The van der Waals surface area contributed by atoms with Gasteiger partial charge in [0.05, 0.1) is 0 Å². The molecule has 3 heteroatoms. The Kier molecular flexibility index (Phi) is 3.38. The van der Waals surface area contributed by atoms with Crippen molar-refractivity contribution < 1.29 is 8.78 Å². The van der Waals surface area contributed by atoms with Gasteiger partial charge in [0.2, 0.25) is 0 Å². The van der Waals surface area contributed by atoms with Crippen LogP contribution in [0.15, 0.2) is 42.5 Å². The van der Waals surface area contributed by atoms with E-state index in [0.717, 1.165) is 23.4 Å². The van der Waals surface area contributed by atoms with E-state index in [0.29, 0.717) is 5.56 Å². The van der Waals surface area contributed by atoms with Crippen LogP contribution in [0.2, 0.25) is 0 Å². The van der Waals surface area contributed by atoms with Gasteiger partial charge in [-0.25, -0.2) is 8.78 Å². The monoisotopic (exact) mass is 233 g/mol. The molecule has 0 saturated heterocycles. The zero-order valence-corrected chi connectivity index (χ0v) is 9.50. The molecule has 88 valence electrons. The first-order valence-corrected chi connectivity index (χ1v) is 5.39. The molecule has 0 saturated carbocycles. The van der Waals surface area contributed by atoms with Crippen molar-refractivity contribution in [3.63, 3.8) is 0 Å². The molecule has 0 heterocycles. The van der Waals surface area contributed by atoms with Crippen molar-refractivity contribution in [1.29, 1.82) is 0 Å². The smallest absolute Gasteiger partial charge is 0.128 e. The highest BCUT2D eigenvalue weighted by molar-refractivity contribution is 5.45. The minimum atomic E-state index is -0.424. The number of rotatable bonds is 3. The van der Waals surface area contributed by atoms with Crippen LogP contribution in [0.25, 0.3) is 0 Å².